The molecule has 0 spiro atoms. The van der Waals surface area contributed by atoms with Gasteiger partial charge in [-0.1, -0.05) is 23.8 Å². The Kier molecular flexibility index (Phi) is 5.08. The predicted octanol–water partition coefficient (Wildman–Crippen LogP) is 2.23. The van der Waals surface area contributed by atoms with Crippen molar-refractivity contribution in [3.05, 3.63) is 47.0 Å². The number of nitrogens with zero attached hydrogens (tertiary/aromatic N) is 1. The molecule has 0 aliphatic carbocycles. The van der Waals surface area contributed by atoms with Crippen molar-refractivity contribution in [1.82, 2.24) is 10.2 Å². The summed E-state index contributed by atoms with van der Waals surface area (Å²) < 4.78 is 0. The van der Waals surface area contributed by atoms with Gasteiger partial charge >= 0.3 is 5.97 Å². The highest BCUT2D eigenvalue weighted by Gasteiger charge is 2.43. The van der Waals surface area contributed by atoms with E-state index in [0.29, 0.717) is 36.3 Å². The number of halogens is 1. The van der Waals surface area contributed by atoms with Crippen LogP contribution in [-0.2, 0) is 9.59 Å². The number of benzene rings is 1. The minimum absolute atomic E-state index is 0.125. The van der Waals surface area contributed by atoms with E-state index < -0.39 is 18.1 Å². The van der Waals surface area contributed by atoms with Crippen molar-refractivity contribution in [3.63, 3.8) is 0 Å². The number of rotatable bonds is 3. The van der Waals surface area contributed by atoms with Crippen LogP contribution in [-0.4, -0.2) is 45.9 Å². The molecule has 2 aliphatic heterocycles. The van der Waals surface area contributed by atoms with Gasteiger partial charge in [0.2, 0.25) is 5.91 Å². The zero-order valence-electron chi connectivity index (χ0n) is 13.5. The Morgan fingerprint density at radius 2 is 1.80 bits per heavy atom. The third-order valence-electron chi connectivity index (χ3n) is 4.70. The van der Waals surface area contributed by atoms with Crippen molar-refractivity contribution >= 4 is 29.4 Å². The molecule has 25 heavy (non-hydrogen) atoms. The van der Waals surface area contributed by atoms with Crippen LogP contribution in [0.2, 0.25) is 5.02 Å². The van der Waals surface area contributed by atoms with Crippen LogP contribution in [0.4, 0.5) is 0 Å². The number of hydrogen-bond acceptors (Lipinski definition) is 3. The van der Waals surface area contributed by atoms with Gasteiger partial charge in [0.25, 0.3) is 5.91 Å². The first kappa shape index (κ1) is 17.5. The predicted molar refractivity (Wildman–Crippen MR) is 92.4 cm³/mol. The molecular formula is C18H19ClN2O4. The van der Waals surface area contributed by atoms with E-state index in [4.69, 9.17) is 11.6 Å². The van der Waals surface area contributed by atoms with Gasteiger partial charge in [0.1, 0.15) is 12.1 Å². The molecule has 1 aromatic carbocycles. The Bertz CT molecular complexity index is 716. The van der Waals surface area contributed by atoms with Gasteiger partial charge < -0.3 is 15.3 Å². The van der Waals surface area contributed by atoms with Gasteiger partial charge in [0.05, 0.1) is 0 Å². The molecule has 2 amide bonds. The molecule has 3 rings (SSSR count). The lowest BCUT2D eigenvalue weighted by Crippen LogP contribution is -2.54. The Balaban J connectivity index is 1.80. The molecule has 0 unspecified atom stereocenters. The molecule has 0 radical (unpaired) electrons. The number of carbonyl (C=O) groups is 3. The number of hydrogen-bond donors (Lipinski definition) is 2. The number of carboxylic acid groups (broad SMARTS) is 1. The molecule has 2 N–H and O–H groups in total. The standard InChI is InChI=1S/C18H19ClN2O4/c19-12-7-5-11(6-8-12)16(22)20-14-4-2-1-3-13-9-10-15(18(24)25)21(13)17(14)23/h1-2,5-8,13-15H,3-4,9-10H2,(H,20,22)(H,24,25)/t13-,14+,15+/m1/s1. The Labute approximate surface area is 150 Å². The quantitative estimate of drug-likeness (QED) is 0.807. The number of amides is 2. The molecule has 0 aromatic heterocycles. The van der Waals surface area contributed by atoms with Crippen molar-refractivity contribution in [1.29, 1.82) is 0 Å². The Morgan fingerprint density at radius 1 is 1.12 bits per heavy atom. The highest BCUT2D eigenvalue weighted by Crippen LogP contribution is 2.29. The third kappa shape index (κ3) is 3.69. The molecule has 2 aliphatic rings. The number of fused-ring (bicyclic) bond motifs is 1. The summed E-state index contributed by atoms with van der Waals surface area (Å²) in [6.45, 7) is 0. The van der Waals surface area contributed by atoms with Crippen molar-refractivity contribution in [2.45, 2.75) is 43.8 Å². The van der Waals surface area contributed by atoms with E-state index in [1.165, 1.54) is 4.90 Å². The number of carboxylic acids is 1. The monoisotopic (exact) mass is 362 g/mol. The van der Waals surface area contributed by atoms with Gasteiger partial charge in [-0.2, -0.15) is 0 Å². The molecule has 2 heterocycles. The van der Waals surface area contributed by atoms with Crippen LogP contribution >= 0.6 is 11.6 Å². The highest BCUT2D eigenvalue weighted by atomic mass is 35.5. The van der Waals surface area contributed by atoms with Crippen LogP contribution in [0.25, 0.3) is 0 Å². The number of aliphatic carboxylic acids is 1. The fourth-order valence-electron chi connectivity index (χ4n) is 3.42. The summed E-state index contributed by atoms with van der Waals surface area (Å²) in [5.41, 5.74) is 0.399. The molecule has 6 nitrogen and oxygen atoms in total. The fraction of sp³-hybridized carbons (Fsp3) is 0.389. The molecule has 0 bridgehead atoms. The van der Waals surface area contributed by atoms with Crippen LogP contribution in [0, 0.1) is 0 Å². The molecule has 1 fully saturated rings. The number of nitrogens with one attached hydrogen (secondary N) is 1. The first-order valence-electron chi connectivity index (χ1n) is 8.24. The minimum Gasteiger partial charge on any atom is -0.480 e. The van der Waals surface area contributed by atoms with E-state index in [9.17, 15) is 19.5 Å². The molecular weight excluding hydrogens is 344 g/mol. The van der Waals surface area contributed by atoms with Gasteiger partial charge in [-0.15, -0.1) is 0 Å². The summed E-state index contributed by atoms with van der Waals surface area (Å²) in [5.74, 6) is -1.71. The smallest absolute Gasteiger partial charge is 0.326 e. The second-order valence-electron chi connectivity index (χ2n) is 6.31. The lowest BCUT2D eigenvalue weighted by atomic mass is 10.0. The summed E-state index contributed by atoms with van der Waals surface area (Å²) in [6.07, 6.45) is 5.91. The van der Waals surface area contributed by atoms with Crippen molar-refractivity contribution in [2.75, 3.05) is 0 Å². The van der Waals surface area contributed by atoms with E-state index >= 15 is 0 Å². The second kappa shape index (κ2) is 7.27. The van der Waals surface area contributed by atoms with Gasteiger partial charge in [-0.25, -0.2) is 4.79 Å². The normalized spacial score (nSPS) is 25.9. The average molecular weight is 363 g/mol. The average Bonchev–Trinajstić information content (AvgIpc) is 2.99. The van der Waals surface area contributed by atoms with E-state index in [0.717, 1.165) is 0 Å². The van der Waals surface area contributed by atoms with Crippen LogP contribution in [0.1, 0.15) is 36.0 Å². The fourth-order valence-corrected chi connectivity index (χ4v) is 3.55. The maximum atomic E-state index is 12.9. The van der Waals surface area contributed by atoms with Gasteiger partial charge in [0.15, 0.2) is 0 Å². The summed E-state index contributed by atoms with van der Waals surface area (Å²) in [6, 6.07) is 4.65. The van der Waals surface area contributed by atoms with Crippen molar-refractivity contribution in [3.8, 4) is 0 Å². The van der Waals surface area contributed by atoms with E-state index in [-0.39, 0.29) is 17.9 Å². The summed E-state index contributed by atoms with van der Waals surface area (Å²) in [7, 11) is 0. The number of carbonyl (C=O) groups excluding carboxylic acids is 2. The molecule has 1 aromatic rings. The zero-order valence-corrected chi connectivity index (χ0v) is 14.3. The van der Waals surface area contributed by atoms with Crippen LogP contribution in [0.3, 0.4) is 0 Å². The lowest BCUT2D eigenvalue weighted by Gasteiger charge is -2.32. The molecule has 1 saturated heterocycles. The maximum Gasteiger partial charge on any atom is 0.326 e. The summed E-state index contributed by atoms with van der Waals surface area (Å²) >= 11 is 5.82. The summed E-state index contributed by atoms with van der Waals surface area (Å²) in [4.78, 5) is 38.2. The zero-order chi connectivity index (χ0) is 18.0. The van der Waals surface area contributed by atoms with Crippen molar-refractivity contribution in [2.24, 2.45) is 0 Å². The molecule has 3 atom stereocenters. The molecule has 132 valence electrons. The maximum absolute atomic E-state index is 12.9. The van der Waals surface area contributed by atoms with E-state index in [1.54, 1.807) is 24.3 Å². The van der Waals surface area contributed by atoms with Crippen LogP contribution < -0.4 is 5.32 Å². The topological polar surface area (TPSA) is 86.7 Å². The van der Waals surface area contributed by atoms with Crippen molar-refractivity contribution < 1.29 is 19.5 Å². The molecule has 7 heteroatoms. The Morgan fingerprint density at radius 3 is 2.48 bits per heavy atom. The SMILES string of the molecule is O=C(N[C@H]1CC=CC[C@@H]2CC[C@@H](C(=O)O)N2C1=O)c1ccc(Cl)cc1. The van der Waals surface area contributed by atoms with E-state index in [2.05, 4.69) is 5.32 Å². The van der Waals surface area contributed by atoms with Gasteiger partial charge in [-0.3, -0.25) is 9.59 Å². The first-order chi connectivity index (χ1) is 12.0. The third-order valence-corrected chi connectivity index (χ3v) is 4.95. The Hall–Kier alpha value is -2.34. The highest BCUT2D eigenvalue weighted by molar-refractivity contribution is 6.30. The van der Waals surface area contributed by atoms with Crippen LogP contribution in [0.15, 0.2) is 36.4 Å². The van der Waals surface area contributed by atoms with E-state index in [1.807, 2.05) is 12.2 Å². The lowest BCUT2D eigenvalue weighted by molar-refractivity contribution is -0.150. The van der Waals surface area contributed by atoms with Gasteiger partial charge in [0, 0.05) is 16.6 Å². The first-order valence-corrected chi connectivity index (χ1v) is 8.61. The summed E-state index contributed by atoms with van der Waals surface area (Å²) in [5, 5.41) is 12.6. The largest absolute Gasteiger partial charge is 0.480 e. The second-order valence-corrected chi connectivity index (χ2v) is 6.74. The van der Waals surface area contributed by atoms with Gasteiger partial charge in [-0.05, 0) is 49.9 Å². The van der Waals surface area contributed by atoms with Crippen LogP contribution in [0.5, 0.6) is 0 Å². The molecule has 0 saturated carbocycles. The minimum atomic E-state index is -0.997.